The van der Waals surface area contributed by atoms with Crippen LogP contribution >= 0.6 is 11.3 Å². The molecule has 0 aliphatic carbocycles. The molecular formula is C10H6F3NS. The Bertz CT molecular complexity index is 431. The van der Waals surface area contributed by atoms with Crippen LogP contribution in [-0.2, 0) is 6.18 Å². The molecule has 2 aromatic rings. The lowest BCUT2D eigenvalue weighted by Gasteiger charge is -2.05. The molecule has 15 heavy (non-hydrogen) atoms. The van der Waals surface area contributed by atoms with Gasteiger partial charge >= 0.3 is 6.18 Å². The number of halogens is 3. The minimum atomic E-state index is -4.37. The zero-order valence-electron chi connectivity index (χ0n) is 7.45. The number of hydrogen-bond donors (Lipinski definition) is 0. The van der Waals surface area contributed by atoms with E-state index in [1.807, 2.05) is 17.5 Å². The van der Waals surface area contributed by atoms with Gasteiger partial charge in [-0.25, -0.2) is 0 Å². The van der Waals surface area contributed by atoms with Gasteiger partial charge in [0.15, 0.2) is 0 Å². The second-order valence-electron chi connectivity index (χ2n) is 2.91. The Morgan fingerprint density at radius 1 is 1.13 bits per heavy atom. The molecule has 2 aromatic heterocycles. The fourth-order valence-electron chi connectivity index (χ4n) is 1.15. The molecule has 0 unspecified atom stereocenters. The lowest BCUT2D eigenvalue weighted by atomic mass is 10.2. The second-order valence-corrected chi connectivity index (χ2v) is 3.85. The summed E-state index contributed by atoms with van der Waals surface area (Å²) in [6, 6.07) is 6.11. The predicted molar refractivity (Wildman–Crippen MR) is 52.6 cm³/mol. The van der Waals surface area contributed by atoms with Gasteiger partial charge in [0.25, 0.3) is 0 Å². The van der Waals surface area contributed by atoms with Crippen molar-refractivity contribution < 1.29 is 13.2 Å². The van der Waals surface area contributed by atoms with Crippen LogP contribution in [0.4, 0.5) is 13.2 Å². The van der Waals surface area contributed by atoms with E-state index >= 15 is 0 Å². The molecule has 0 aromatic carbocycles. The molecule has 0 saturated heterocycles. The lowest BCUT2D eigenvalue weighted by molar-refractivity contribution is -0.141. The number of thiophene rings is 1. The quantitative estimate of drug-likeness (QED) is 0.724. The molecule has 0 aliphatic rings. The van der Waals surface area contributed by atoms with Gasteiger partial charge in [-0.1, -0.05) is 6.07 Å². The summed E-state index contributed by atoms with van der Waals surface area (Å²) in [6.45, 7) is 0. The maximum Gasteiger partial charge on any atom is 0.433 e. The monoisotopic (exact) mass is 229 g/mol. The highest BCUT2D eigenvalue weighted by Gasteiger charge is 2.32. The maximum absolute atomic E-state index is 12.2. The predicted octanol–water partition coefficient (Wildman–Crippen LogP) is 3.83. The topological polar surface area (TPSA) is 12.9 Å². The van der Waals surface area contributed by atoms with Crippen LogP contribution in [0.1, 0.15) is 5.69 Å². The van der Waals surface area contributed by atoms with E-state index in [4.69, 9.17) is 0 Å². The zero-order chi connectivity index (χ0) is 10.9. The van der Waals surface area contributed by atoms with Gasteiger partial charge in [-0.3, -0.25) is 4.98 Å². The number of rotatable bonds is 1. The third-order valence-corrected chi connectivity index (χ3v) is 2.78. The van der Waals surface area contributed by atoms with Crippen LogP contribution in [0.25, 0.3) is 10.4 Å². The highest BCUT2D eigenvalue weighted by atomic mass is 32.1. The van der Waals surface area contributed by atoms with Crippen molar-refractivity contribution in [3.63, 3.8) is 0 Å². The fourth-order valence-corrected chi connectivity index (χ4v) is 1.87. The van der Waals surface area contributed by atoms with E-state index < -0.39 is 11.9 Å². The van der Waals surface area contributed by atoms with Gasteiger partial charge in [-0.05, 0) is 23.6 Å². The largest absolute Gasteiger partial charge is 0.433 e. The van der Waals surface area contributed by atoms with Crippen LogP contribution in [0.2, 0.25) is 0 Å². The number of pyridine rings is 1. The summed E-state index contributed by atoms with van der Waals surface area (Å²) in [4.78, 5) is 4.30. The minimum Gasteiger partial charge on any atom is -0.251 e. The smallest absolute Gasteiger partial charge is 0.251 e. The van der Waals surface area contributed by atoms with Gasteiger partial charge in [-0.2, -0.15) is 13.2 Å². The molecule has 0 radical (unpaired) electrons. The van der Waals surface area contributed by atoms with E-state index in [9.17, 15) is 13.2 Å². The highest BCUT2D eigenvalue weighted by molar-refractivity contribution is 7.13. The average Bonchev–Trinajstić information content (AvgIpc) is 2.69. The van der Waals surface area contributed by atoms with Crippen molar-refractivity contribution >= 4 is 11.3 Å². The van der Waals surface area contributed by atoms with E-state index in [1.165, 1.54) is 23.6 Å². The standard InChI is InChI=1S/C10H6F3NS/c11-10(12,13)9-4-3-7(6-14-9)8-2-1-5-15-8/h1-6H. The van der Waals surface area contributed by atoms with Gasteiger partial charge in [0.2, 0.25) is 0 Å². The first-order valence-electron chi connectivity index (χ1n) is 4.14. The molecule has 0 bridgehead atoms. The van der Waals surface area contributed by atoms with Crippen LogP contribution in [0.3, 0.4) is 0 Å². The molecule has 0 N–H and O–H groups in total. The molecule has 78 valence electrons. The third-order valence-electron chi connectivity index (χ3n) is 1.86. The van der Waals surface area contributed by atoms with Gasteiger partial charge in [0.05, 0.1) is 0 Å². The summed E-state index contributed by atoms with van der Waals surface area (Å²) in [5.74, 6) is 0. The molecular weight excluding hydrogens is 223 g/mol. The van der Waals surface area contributed by atoms with Gasteiger partial charge in [-0.15, -0.1) is 11.3 Å². The van der Waals surface area contributed by atoms with E-state index in [2.05, 4.69) is 4.98 Å². The van der Waals surface area contributed by atoms with Crippen molar-refractivity contribution in [2.75, 3.05) is 0 Å². The number of hydrogen-bond acceptors (Lipinski definition) is 2. The Labute approximate surface area is 88.2 Å². The van der Waals surface area contributed by atoms with Crippen molar-refractivity contribution in [3.05, 3.63) is 41.5 Å². The summed E-state index contributed by atoms with van der Waals surface area (Å²) in [5.41, 5.74) is -0.152. The Morgan fingerprint density at radius 2 is 1.93 bits per heavy atom. The SMILES string of the molecule is FC(F)(F)c1ccc(-c2cccs2)cn1. The van der Waals surface area contributed by atoms with Crippen molar-refractivity contribution in [2.45, 2.75) is 6.18 Å². The first kappa shape index (κ1) is 10.2. The van der Waals surface area contributed by atoms with Crippen LogP contribution in [0.5, 0.6) is 0 Å². The fraction of sp³-hybridized carbons (Fsp3) is 0.100. The Hall–Kier alpha value is -1.36. The van der Waals surface area contributed by atoms with Crippen molar-refractivity contribution in [1.82, 2.24) is 4.98 Å². The maximum atomic E-state index is 12.2. The molecule has 2 heterocycles. The Morgan fingerprint density at radius 3 is 2.40 bits per heavy atom. The van der Waals surface area contributed by atoms with Crippen molar-refractivity contribution in [1.29, 1.82) is 0 Å². The van der Waals surface area contributed by atoms with Crippen LogP contribution in [-0.4, -0.2) is 4.98 Å². The molecule has 0 saturated carbocycles. The van der Waals surface area contributed by atoms with E-state index in [-0.39, 0.29) is 0 Å². The Balaban J connectivity index is 2.33. The van der Waals surface area contributed by atoms with Gasteiger partial charge < -0.3 is 0 Å². The average molecular weight is 229 g/mol. The highest BCUT2D eigenvalue weighted by Crippen LogP contribution is 2.30. The zero-order valence-corrected chi connectivity index (χ0v) is 8.27. The molecule has 0 aliphatic heterocycles. The second kappa shape index (κ2) is 3.66. The summed E-state index contributed by atoms with van der Waals surface area (Å²) in [7, 11) is 0. The molecule has 0 spiro atoms. The minimum absolute atomic E-state index is 0.706. The first-order chi connectivity index (χ1) is 7.07. The van der Waals surface area contributed by atoms with Crippen molar-refractivity contribution in [2.24, 2.45) is 0 Å². The van der Waals surface area contributed by atoms with Crippen LogP contribution in [0.15, 0.2) is 35.8 Å². The van der Waals surface area contributed by atoms with E-state index in [0.717, 1.165) is 10.9 Å². The summed E-state index contributed by atoms with van der Waals surface area (Å²) in [6.07, 6.45) is -3.12. The van der Waals surface area contributed by atoms with E-state index in [0.29, 0.717) is 5.56 Å². The molecule has 2 rings (SSSR count). The molecule has 0 amide bonds. The lowest BCUT2D eigenvalue weighted by Crippen LogP contribution is -2.07. The molecule has 1 nitrogen and oxygen atoms in total. The molecule has 0 atom stereocenters. The molecule has 5 heteroatoms. The summed E-state index contributed by atoms with van der Waals surface area (Å²) < 4.78 is 36.6. The Kier molecular flexibility index (Phi) is 2.48. The van der Waals surface area contributed by atoms with Gasteiger partial charge in [0, 0.05) is 16.6 Å². The number of nitrogens with zero attached hydrogens (tertiary/aromatic N) is 1. The van der Waals surface area contributed by atoms with Crippen LogP contribution < -0.4 is 0 Å². The first-order valence-corrected chi connectivity index (χ1v) is 5.02. The van der Waals surface area contributed by atoms with Crippen LogP contribution in [0, 0.1) is 0 Å². The normalized spacial score (nSPS) is 11.7. The number of alkyl halides is 3. The van der Waals surface area contributed by atoms with Crippen molar-refractivity contribution in [3.8, 4) is 10.4 Å². The van der Waals surface area contributed by atoms with E-state index in [1.54, 1.807) is 0 Å². The van der Waals surface area contributed by atoms with Gasteiger partial charge in [0.1, 0.15) is 5.69 Å². The summed E-state index contributed by atoms with van der Waals surface area (Å²) >= 11 is 1.47. The summed E-state index contributed by atoms with van der Waals surface area (Å²) in [5, 5.41) is 1.87. The molecule has 0 fully saturated rings. The number of aromatic nitrogens is 1. The third kappa shape index (κ3) is 2.18.